The first-order chi connectivity index (χ1) is 10.2. The molecule has 0 aromatic carbocycles. The summed E-state index contributed by atoms with van der Waals surface area (Å²) in [7, 11) is 0. The number of piperidine rings is 1. The van der Waals surface area contributed by atoms with Crippen LogP contribution in [0.25, 0.3) is 0 Å². The first kappa shape index (κ1) is 15.8. The Bertz CT molecular complexity index is 476. The average Bonchev–Trinajstić information content (AvgIpc) is 2.54. The van der Waals surface area contributed by atoms with Crippen molar-refractivity contribution in [2.45, 2.75) is 24.9 Å². The van der Waals surface area contributed by atoms with Crippen molar-refractivity contribution in [1.82, 2.24) is 14.9 Å². The van der Waals surface area contributed by atoms with Crippen molar-refractivity contribution in [2.75, 3.05) is 25.4 Å². The quantitative estimate of drug-likeness (QED) is 0.465. The third-order valence-corrected chi connectivity index (χ3v) is 4.19. The summed E-state index contributed by atoms with van der Waals surface area (Å²) >= 11 is 1.33. The summed E-state index contributed by atoms with van der Waals surface area (Å²) in [6.45, 7) is 3.43. The Balaban J connectivity index is 1.74. The smallest absolute Gasteiger partial charge is 0.309 e. The molecule has 1 aromatic rings. The Morgan fingerprint density at radius 3 is 2.62 bits per heavy atom. The summed E-state index contributed by atoms with van der Waals surface area (Å²) in [5, 5.41) is 0.604. The fraction of sp³-hybridized carbons (Fsp3) is 0.571. The van der Waals surface area contributed by atoms with E-state index in [4.69, 9.17) is 4.74 Å². The number of hydrogen-bond donors (Lipinski definition) is 0. The molecule has 0 spiro atoms. The summed E-state index contributed by atoms with van der Waals surface area (Å²) in [5.41, 5.74) is 0. The van der Waals surface area contributed by atoms with Crippen LogP contribution in [0.5, 0.6) is 0 Å². The summed E-state index contributed by atoms with van der Waals surface area (Å²) in [6, 6.07) is 1.74. The van der Waals surface area contributed by atoms with Crippen LogP contribution < -0.4 is 0 Å². The van der Waals surface area contributed by atoms with E-state index in [9.17, 15) is 9.59 Å². The lowest BCUT2D eigenvalue weighted by atomic mass is 9.97. The van der Waals surface area contributed by atoms with Crippen LogP contribution in [-0.4, -0.2) is 52.2 Å². The minimum Gasteiger partial charge on any atom is -0.466 e. The first-order valence-electron chi connectivity index (χ1n) is 7.05. The van der Waals surface area contributed by atoms with E-state index in [0.717, 1.165) is 0 Å². The molecule has 1 aliphatic rings. The highest BCUT2D eigenvalue weighted by Gasteiger charge is 2.28. The van der Waals surface area contributed by atoms with Gasteiger partial charge in [0.25, 0.3) is 0 Å². The predicted molar refractivity (Wildman–Crippen MR) is 78.7 cm³/mol. The van der Waals surface area contributed by atoms with Gasteiger partial charge in [0.15, 0.2) is 5.16 Å². The molecule has 1 aromatic heterocycles. The fourth-order valence-corrected chi connectivity index (χ4v) is 2.91. The molecule has 1 fully saturated rings. The zero-order valence-corrected chi connectivity index (χ0v) is 12.8. The lowest BCUT2D eigenvalue weighted by molar-refractivity contribution is -0.151. The maximum Gasteiger partial charge on any atom is 0.309 e. The molecule has 0 bridgehead atoms. The monoisotopic (exact) mass is 309 g/mol. The third kappa shape index (κ3) is 4.70. The van der Waals surface area contributed by atoms with Gasteiger partial charge in [-0.2, -0.15) is 0 Å². The summed E-state index contributed by atoms with van der Waals surface area (Å²) in [5.74, 6) is 0.180. The van der Waals surface area contributed by atoms with Gasteiger partial charge in [-0.15, -0.1) is 0 Å². The van der Waals surface area contributed by atoms with Crippen LogP contribution in [0.15, 0.2) is 23.6 Å². The molecule has 2 rings (SSSR count). The van der Waals surface area contributed by atoms with Crippen molar-refractivity contribution >= 4 is 23.6 Å². The van der Waals surface area contributed by atoms with Gasteiger partial charge in [-0.25, -0.2) is 9.97 Å². The van der Waals surface area contributed by atoms with E-state index in [-0.39, 0.29) is 17.8 Å². The van der Waals surface area contributed by atoms with Gasteiger partial charge in [0.1, 0.15) is 0 Å². The van der Waals surface area contributed by atoms with Crippen LogP contribution in [0.3, 0.4) is 0 Å². The van der Waals surface area contributed by atoms with Crippen molar-refractivity contribution in [3.8, 4) is 0 Å². The highest BCUT2D eigenvalue weighted by molar-refractivity contribution is 7.99. The number of thioether (sulfide) groups is 1. The molecule has 1 saturated heterocycles. The first-order valence-corrected chi connectivity index (χ1v) is 8.03. The molecule has 2 heterocycles. The molecule has 0 radical (unpaired) electrons. The van der Waals surface area contributed by atoms with Crippen LogP contribution in [0.4, 0.5) is 0 Å². The molecule has 7 heteroatoms. The second kappa shape index (κ2) is 7.97. The van der Waals surface area contributed by atoms with E-state index >= 15 is 0 Å². The van der Waals surface area contributed by atoms with Crippen LogP contribution in [0.1, 0.15) is 19.8 Å². The number of carbonyl (C=O) groups excluding carboxylic acids is 2. The molecule has 21 heavy (non-hydrogen) atoms. The third-order valence-electron chi connectivity index (χ3n) is 3.33. The number of aromatic nitrogens is 2. The standard InChI is InChI=1S/C14H19N3O3S/c1-2-20-13(19)11-4-8-17(9-5-11)12(18)10-21-14-15-6-3-7-16-14/h3,6-7,11H,2,4-5,8-10H2,1H3. The Hall–Kier alpha value is -1.63. The van der Waals surface area contributed by atoms with Crippen molar-refractivity contribution in [3.63, 3.8) is 0 Å². The molecular formula is C14H19N3O3S. The molecule has 114 valence electrons. The zero-order chi connectivity index (χ0) is 15.1. The number of nitrogens with zero attached hydrogens (tertiary/aromatic N) is 3. The Morgan fingerprint density at radius 2 is 2.00 bits per heavy atom. The van der Waals surface area contributed by atoms with Crippen molar-refractivity contribution < 1.29 is 14.3 Å². The topological polar surface area (TPSA) is 72.4 Å². The molecule has 0 unspecified atom stereocenters. The average molecular weight is 309 g/mol. The second-order valence-corrected chi connectivity index (χ2v) is 5.67. The van der Waals surface area contributed by atoms with Crippen LogP contribution in [0, 0.1) is 5.92 Å². The minimum atomic E-state index is -0.142. The number of carbonyl (C=O) groups is 2. The van der Waals surface area contributed by atoms with Crippen LogP contribution >= 0.6 is 11.8 Å². The number of likely N-dealkylation sites (tertiary alicyclic amines) is 1. The molecule has 0 atom stereocenters. The molecule has 0 N–H and O–H groups in total. The number of ether oxygens (including phenoxy) is 1. The Kier molecular flexibility index (Phi) is 5.98. The van der Waals surface area contributed by atoms with Gasteiger partial charge in [-0.3, -0.25) is 9.59 Å². The summed E-state index contributed by atoms with van der Waals surface area (Å²) < 4.78 is 5.02. The van der Waals surface area contributed by atoms with Gasteiger partial charge in [-0.1, -0.05) is 11.8 Å². The lowest BCUT2D eigenvalue weighted by Crippen LogP contribution is -2.41. The number of rotatable bonds is 5. The van der Waals surface area contributed by atoms with Gasteiger partial charge in [0.2, 0.25) is 5.91 Å². The Morgan fingerprint density at radius 1 is 1.33 bits per heavy atom. The molecular weight excluding hydrogens is 290 g/mol. The largest absolute Gasteiger partial charge is 0.466 e. The van der Waals surface area contributed by atoms with Crippen LogP contribution in [-0.2, 0) is 14.3 Å². The molecule has 1 amide bonds. The summed E-state index contributed by atoms with van der Waals surface area (Å²) in [4.78, 5) is 33.7. The highest BCUT2D eigenvalue weighted by Crippen LogP contribution is 2.20. The fourth-order valence-electron chi connectivity index (χ4n) is 2.20. The second-order valence-electron chi connectivity index (χ2n) is 4.73. The van der Waals surface area contributed by atoms with E-state index in [2.05, 4.69) is 9.97 Å². The van der Waals surface area contributed by atoms with Gasteiger partial charge < -0.3 is 9.64 Å². The number of hydrogen-bond acceptors (Lipinski definition) is 6. The SMILES string of the molecule is CCOC(=O)C1CCN(C(=O)CSc2ncccn2)CC1. The number of esters is 1. The molecule has 0 aliphatic carbocycles. The van der Waals surface area contributed by atoms with Crippen molar-refractivity contribution in [3.05, 3.63) is 18.5 Å². The number of amides is 1. The van der Waals surface area contributed by atoms with E-state index in [1.165, 1.54) is 11.8 Å². The van der Waals surface area contributed by atoms with Crippen LogP contribution in [0.2, 0.25) is 0 Å². The maximum atomic E-state index is 12.1. The molecule has 6 nitrogen and oxygen atoms in total. The van der Waals surface area contributed by atoms with Gasteiger partial charge in [0, 0.05) is 25.5 Å². The van der Waals surface area contributed by atoms with Gasteiger partial charge in [-0.05, 0) is 25.8 Å². The van der Waals surface area contributed by atoms with Gasteiger partial charge >= 0.3 is 5.97 Å². The predicted octanol–water partition coefficient (Wildman–Crippen LogP) is 1.37. The van der Waals surface area contributed by atoms with E-state index in [0.29, 0.717) is 43.4 Å². The minimum absolute atomic E-state index is 0.0646. The van der Waals surface area contributed by atoms with Gasteiger partial charge in [0.05, 0.1) is 18.3 Å². The van der Waals surface area contributed by atoms with E-state index < -0.39 is 0 Å². The van der Waals surface area contributed by atoms with E-state index in [1.807, 2.05) is 0 Å². The highest BCUT2D eigenvalue weighted by atomic mass is 32.2. The van der Waals surface area contributed by atoms with Crippen molar-refractivity contribution in [2.24, 2.45) is 5.92 Å². The normalized spacial score (nSPS) is 15.8. The zero-order valence-electron chi connectivity index (χ0n) is 12.0. The Labute approximate surface area is 128 Å². The summed E-state index contributed by atoms with van der Waals surface area (Å²) in [6.07, 6.45) is 4.67. The van der Waals surface area contributed by atoms with Crippen molar-refractivity contribution in [1.29, 1.82) is 0 Å². The molecule has 1 aliphatic heterocycles. The maximum absolute atomic E-state index is 12.1. The van der Waals surface area contributed by atoms with E-state index in [1.54, 1.807) is 30.3 Å². The lowest BCUT2D eigenvalue weighted by Gasteiger charge is -2.30. The molecule has 0 saturated carbocycles.